The van der Waals surface area contributed by atoms with E-state index in [2.05, 4.69) is 32.1 Å². The molecular formula is C29H27N5O4. The van der Waals surface area contributed by atoms with Crippen molar-refractivity contribution in [3.05, 3.63) is 83.9 Å². The number of aliphatic hydroxyl groups excluding tert-OH is 3. The zero-order chi connectivity index (χ0) is 26.4. The Morgan fingerprint density at radius 3 is 2.50 bits per heavy atom. The fourth-order valence-corrected chi connectivity index (χ4v) is 5.72. The maximum Gasteiger partial charge on any atom is 0.209 e. The number of ketones is 1. The fourth-order valence-electron chi connectivity index (χ4n) is 5.72. The topological polar surface area (TPSA) is 133 Å². The van der Waals surface area contributed by atoms with Gasteiger partial charge in [-0.2, -0.15) is 0 Å². The second-order valence-corrected chi connectivity index (χ2v) is 9.98. The van der Waals surface area contributed by atoms with Crippen molar-refractivity contribution in [3.8, 4) is 11.8 Å². The lowest BCUT2D eigenvalue weighted by Crippen LogP contribution is -2.36. The van der Waals surface area contributed by atoms with Crippen LogP contribution in [0, 0.1) is 23.2 Å². The molecule has 0 radical (unpaired) electrons. The third-order valence-corrected chi connectivity index (χ3v) is 7.81. The van der Waals surface area contributed by atoms with E-state index in [0.717, 1.165) is 11.1 Å². The zero-order valence-corrected chi connectivity index (χ0v) is 20.7. The number of hydrogen-bond donors (Lipinski definition) is 4. The maximum atomic E-state index is 12.4. The van der Waals surface area contributed by atoms with E-state index < -0.39 is 29.8 Å². The number of nitrogens with one attached hydrogen (secondary N) is 1. The molecule has 2 unspecified atom stereocenters. The fraction of sp³-hybridized carbons (Fsp3) is 0.310. The van der Waals surface area contributed by atoms with Crippen LogP contribution in [0.4, 0.5) is 5.82 Å². The molecule has 0 bridgehead atoms. The van der Waals surface area contributed by atoms with Crippen molar-refractivity contribution >= 4 is 22.8 Å². The van der Waals surface area contributed by atoms with Gasteiger partial charge in [0.25, 0.3) is 0 Å². The molecule has 4 N–H and O–H groups in total. The first-order valence-corrected chi connectivity index (χ1v) is 12.6. The standard InChI is InChI=1S/C29H27N5O4/c1-17(35)29-14-20(29)24(25(37)26(29)38)34-16-31-23-27(30-15-21(36)19-10-6-3-7-11-19)32-22(33-28(23)34)13-12-18-8-4-2-5-9-18/h2-11,16,20-21,24-26,36-38H,14-15H2,1H3,(H,30,32,33)/t20?,21?,24-,25+,26+,29-/m1/s1. The van der Waals surface area contributed by atoms with E-state index in [4.69, 9.17) is 0 Å². The Balaban J connectivity index is 1.39. The quantitative estimate of drug-likeness (QED) is 0.291. The Labute approximate surface area is 219 Å². The summed E-state index contributed by atoms with van der Waals surface area (Å²) in [6, 6.07) is 18.2. The Hall–Kier alpha value is -4.10. The number of anilines is 1. The minimum Gasteiger partial charge on any atom is -0.389 e. The number of rotatable bonds is 6. The SMILES string of the molecule is CC(=O)[C@]12CC1[C@@H](n1cnc3c(NCC(O)c4ccccc4)nc(C#Cc4ccccc4)nc31)[C@H](O)[C@@H]2O. The van der Waals surface area contributed by atoms with Gasteiger partial charge in [0.1, 0.15) is 11.9 Å². The number of carbonyl (C=O) groups excluding carboxylic acids is 1. The van der Waals surface area contributed by atoms with Crippen LogP contribution >= 0.6 is 0 Å². The van der Waals surface area contributed by atoms with Gasteiger partial charge in [-0.25, -0.2) is 15.0 Å². The summed E-state index contributed by atoms with van der Waals surface area (Å²) in [4.78, 5) is 26.1. The zero-order valence-electron chi connectivity index (χ0n) is 20.7. The van der Waals surface area contributed by atoms with E-state index in [1.54, 1.807) is 10.9 Å². The summed E-state index contributed by atoms with van der Waals surface area (Å²) in [5.74, 6) is 6.36. The lowest BCUT2D eigenvalue weighted by atomic mass is 9.95. The predicted octanol–water partition coefficient (Wildman–Crippen LogP) is 2.24. The first kappa shape index (κ1) is 24.2. The Morgan fingerprint density at radius 1 is 1.11 bits per heavy atom. The van der Waals surface area contributed by atoms with Gasteiger partial charge in [0.05, 0.1) is 30.0 Å². The Kier molecular flexibility index (Phi) is 5.95. The van der Waals surface area contributed by atoms with E-state index in [1.807, 2.05) is 60.7 Å². The van der Waals surface area contributed by atoms with Crippen molar-refractivity contribution in [1.82, 2.24) is 19.5 Å². The molecule has 2 saturated carbocycles. The van der Waals surface area contributed by atoms with Crippen LogP contribution in [0.25, 0.3) is 11.2 Å². The Bertz CT molecular complexity index is 1560. The van der Waals surface area contributed by atoms with Gasteiger partial charge >= 0.3 is 0 Å². The molecule has 38 heavy (non-hydrogen) atoms. The highest BCUT2D eigenvalue weighted by Crippen LogP contribution is 2.68. The highest BCUT2D eigenvalue weighted by Gasteiger charge is 2.74. The molecule has 6 atom stereocenters. The van der Waals surface area contributed by atoms with Crippen molar-refractivity contribution in [2.45, 2.75) is 37.7 Å². The van der Waals surface area contributed by atoms with E-state index in [9.17, 15) is 20.1 Å². The van der Waals surface area contributed by atoms with Crippen molar-refractivity contribution in [2.24, 2.45) is 11.3 Å². The molecule has 192 valence electrons. The second kappa shape index (κ2) is 9.33. The van der Waals surface area contributed by atoms with Crippen LogP contribution in [-0.2, 0) is 4.79 Å². The smallest absolute Gasteiger partial charge is 0.209 e. The van der Waals surface area contributed by atoms with Crippen LogP contribution in [0.5, 0.6) is 0 Å². The highest BCUT2D eigenvalue weighted by molar-refractivity contribution is 5.88. The average molecular weight is 510 g/mol. The molecule has 9 nitrogen and oxygen atoms in total. The minimum atomic E-state index is -1.15. The minimum absolute atomic E-state index is 0.123. The van der Waals surface area contributed by atoms with Gasteiger partial charge in [-0.05, 0) is 42.9 Å². The molecule has 0 saturated heterocycles. The number of nitrogens with zero attached hydrogens (tertiary/aromatic N) is 4. The molecule has 2 aliphatic carbocycles. The summed E-state index contributed by atoms with van der Waals surface area (Å²) in [5, 5.41) is 35.5. The van der Waals surface area contributed by atoms with Gasteiger partial charge in [-0.1, -0.05) is 54.5 Å². The lowest BCUT2D eigenvalue weighted by Gasteiger charge is -2.23. The molecule has 2 aliphatic rings. The van der Waals surface area contributed by atoms with Gasteiger partial charge in [0.15, 0.2) is 17.0 Å². The summed E-state index contributed by atoms with van der Waals surface area (Å²) < 4.78 is 1.72. The first-order chi connectivity index (χ1) is 18.4. The molecule has 0 aliphatic heterocycles. The molecule has 2 aromatic heterocycles. The van der Waals surface area contributed by atoms with Crippen LogP contribution in [0.3, 0.4) is 0 Å². The number of Topliss-reactive ketones (excluding diaryl/α,β-unsaturated/α-hetero) is 1. The summed E-state index contributed by atoms with van der Waals surface area (Å²) in [5.41, 5.74) is 1.51. The van der Waals surface area contributed by atoms with Crippen LogP contribution in [0.1, 0.15) is 42.4 Å². The Morgan fingerprint density at radius 2 is 1.82 bits per heavy atom. The number of aromatic nitrogens is 4. The van der Waals surface area contributed by atoms with Gasteiger partial charge in [0, 0.05) is 12.1 Å². The van der Waals surface area contributed by atoms with Crippen molar-refractivity contribution in [2.75, 3.05) is 11.9 Å². The van der Waals surface area contributed by atoms with Crippen molar-refractivity contribution in [3.63, 3.8) is 0 Å². The third kappa shape index (κ3) is 3.94. The molecule has 0 spiro atoms. The van der Waals surface area contributed by atoms with Crippen LogP contribution in [0.15, 0.2) is 67.0 Å². The second-order valence-electron chi connectivity index (χ2n) is 9.98. The third-order valence-electron chi connectivity index (χ3n) is 7.81. The number of carbonyl (C=O) groups is 1. The molecule has 4 aromatic rings. The number of fused-ring (bicyclic) bond motifs is 2. The van der Waals surface area contributed by atoms with Gasteiger partial charge < -0.3 is 25.2 Å². The number of aliphatic hydroxyl groups is 3. The van der Waals surface area contributed by atoms with E-state index in [-0.39, 0.29) is 24.1 Å². The molecule has 6 rings (SSSR count). The largest absolute Gasteiger partial charge is 0.389 e. The lowest BCUT2D eigenvalue weighted by molar-refractivity contribution is -0.128. The van der Waals surface area contributed by atoms with Gasteiger partial charge in [-0.15, -0.1) is 0 Å². The summed E-state index contributed by atoms with van der Waals surface area (Å²) in [7, 11) is 0. The van der Waals surface area contributed by atoms with Crippen molar-refractivity contribution in [1.29, 1.82) is 0 Å². The number of benzene rings is 2. The first-order valence-electron chi connectivity index (χ1n) is 12.6. The van der Waals surface area contributed by atoms with E-state index in [0.29, 0.717) is 23.4 Å². The van der Waals surface area contributed by atoms with Gasteiger partial charge in [-0.3, -0.25) is 4.79 Å². The number of hydrogen-bond acceptors (Lipinski definition) is 8. The van der Waals surface area contributed by atoms with Crippen LogP contribution in [-0.4, -0.2) is 59.4 Å². The summed E-state index contributed by atoms with van der Waals surface area (Å²) >= 11 is 0. The summed E-state index contributed by atoms with van der Waals surface area (Å²) in [6.45, 7) is 1.64. The molecule has 9 heteroatoms. The van der Waals surface area contributed by atoms with Crippen molar-refractivity contribution < 1.29 is 20.1 Å². The number of imidazole rings is 1. The average Bonchev–Trinajstić information content (AvgIpc) is 3.49. The normalized spacial score (nSPS) is 26.3. The molecular weight excluding hydrogens is 482 g/mol. The molecule has 2 heterocycles. The summed E-state index contributed by atoms with van der Waals surface area (Å²) in [6.07, 6.45) is -1.01. The molecule has 2 fully saturated rings. The molecule has 2 aromatic carbocycles. The predicted molar refractivity (Wildman–Crippen MR) is 140 cm³/mol. The van der Waals surface area contributed by atoms with E-state index >= 15 is 0 Å². The van der Waals surface area contributed by atoms with Crippen LogP contribution in [0.2, 0.25) is 0 Å². The maximum absolute atomic E-state index is 12.4. The van der Waals surface area contributed by atoms with Gasteiger partial charge in [0.2, 0.25) is 5.82 Å². The monoisotopic (exact) mass is 509 g/mol. The van der Waals surface area contributed by atoms with E-state index in [1.165, 1.54) is 6.92 Å². The van der Waals surface area contributed by atoms with Crippen LogP contribution < -0.4 is 5.32 Å². The highest BCUT2D eigenvalue weighted by atomic mass is 16.3. The molecule has 0 amide bonds.